The van der Waals surface area contributed by atoms with Gasteiger partial charge in [-0.3, -0.25) is 4.79 Å². The number of anilines is 1. The standard InChI is InChI=1S/C21H24FN5O4S2/c1-5-27-18(13(4)31-15-9-7-14(22)8-10-15)25-26-21(27)32-11-16(28)24-20-23-12(3)17(33-20)19(29)30-6-2/h7-10,13H,5-6,11H2,1-4H3,(H,23,24,28). The summed E-state index contributed by atoms with van der Waals surface area (Å²) in [7, 11) is 0. The maximum absolute atomic E-state index is 13.1. The van der Waals surface area contributed by atoms with Gasteiger partial charge in [-0.2, -0.15) is 0 Å². The highest BCUT2D eigenvalue weighted by Gasteiger charge is 2.21. The van der Waals surface area contributed by atoms with Crippen molar-refractivity contribution in [2.75, 3.05) is 17.7 Å². The normalized spacial score (nSPS) is 11.8. The Balaban J connectivity index is 1.60. The van der Waals surface area contributed by atoms with Gasteiger partial charge in [-0.15, -0.1) is 10.2 Å². The molecule has 0 aliphatic carbocycles. The third-order valence-corrected chi connectivity index (χ3v) is 6.41. The molecule has 2 aromatic heterocycles. The molecule has 1 N–H and O–H groups in total. The lowest BCUT2D eigenvalue weighted by Crippen LogP contribution is -2.15. The molecule has 3 rings (SSSR count). The van der Waals surface area contributed by atoms with E-state index in [0.717, 1.165) is 11.3 Å². The lowest BCUT2D eigenvalue weighted by atomic mass is 10.3. The molecule has 1 unspecified atom stereocenters. The summed E-state index contributed by atoms with van der Waals surface area (Å²) in [6.45, 7) is 8.03. The number of benzene rings is 1. The predicted molar refractivity (Wildman–Crippen MR) is 123 cm³/mol. The number of nitrogens with zero attached hydrogens (tertiary/aromatic N) is 4. The van der Waals surface area contributed by atoms with E-state index in [9.17, 15) is 14.0 Å². The van der Waals surface area contributed by atoms with E-state index in [-0.39, 0.29) is 24.1 Å². The van der Waals surface area contributed by atoms with Crippen molar-refractivity contribution in [3.63, 3.8) is 0 Å². The van der Waals surface area contributed by atoms with Gasteiger partial charge >= 0.3 is 5.97 Å². The smallest absolute Gasteiger partial charge is 0.350 e. The minimum Gasteiger partial charge on any atom is -0.483 e. The number of thioether (sulfide) groups is 1. The first-order valence-electron chi connectivity index (χ1n) is 10.2. The second kappa shape index (κ2) is 11.2. The van der Waals surface area contributed by atoms with E-state index in [1.165, 1.54) is 23.9 Å². The summed E-state index contributed by atoms with van der Waals surface area (Å²) in [5.41, 5.74) is 0.506. The Kier molecular flexibility index (Phi) is 8.39. The maximum atomic E-state index is 13.1. The Labute approximate surface area is 198 Å². The fraction of sp³-hybridized carbons (Fsp3) is 0.381. The molecule has 0 saturated carbocycles. The molecule has 0 radical (unpaired) electrons. The van der Waals surface area contributed by atoms with E-state index in [4.69, 9.17) is 9.47 Å². The Hall–Kier alpha value is -2.99. The van der Waals surface area contributed by atoms with Gasteiger partial charge in [-0.1, -0.05) is 23.1 Å². The summed E-state index contributed by atoms with van der Waals surface area (Å²) in [4.78, 5) is 28.9. The van der Waals surface area contributed by atoms with Gasteiger partial charge in [-0.25, -0.2) is 14.2 Å². The maximum Gasteiger partial charge on any atom is 0.350 e. The molecule has 1 atom stereocenters. The van der Waals surface area contributed by atoms with Crippen molar-refractivity contribution in [2.45, 2.75) is 45.5 Å². The Bertz CT molecular complexity index is 1120. The highest BCUT2D eigenvalue weighted by molar-refractivity contribution is 7.99. The highest BCUT2D eigenvalue weighted by Crippen LogP contribution is 2.26. The topological polar surface area (TPSA) is 108 Å². The van der Waals surface area contributed by atoms with E-state index in [1.807, 2.05) is 18.4 Å². The molecule has 9 nitrogen and oxygen atoms in total. The summed E-state index contributed by atoms with van der Waals surface area (Å²) in [5.74, 6) is 0.116. The van der Waals surface area contributed by atoms with Crippen LogP contribution in [0.25, 0.3) is 0 Å². The molecule has 12 heteroatoms. The van der Waals surface area contributed by atoms with Crippen LogP contribution in [0.15, 0.2) is 29.4 Å². The molecular weight excluding hydrogens is 469 g/mol. The molecule has 1 aromatic carbocycles. The van der Waals surface area contributed by atoms with Crippen molar-refractivity contribution in [1.29, 1.82) is 0 Å². The Morgan fingerprint density at radius 1 is 1.24 bits per heavy atom. The molecule has 1 amide bonds. The minimum absolute atomic E-state index is 0.0820. The number of hydrogen-bond acceptors (Lipinski definition) is 9. The molecule has 33 heavy (non-hydrogen) atoms. The number of carbonyl (C=O) groups is 2. The van der Waals surface area contributed by atoms with Crippen molar-refractivity contribution in [3.8, 4) is 5.75 Å². The van der Waals surface area contributed by atoms with Gasteiger partial charge in [0.1, 0.15) is 16.4 Å². The van der Waals surface area contributed by atoms with E-state index in [0.29, 0.717) is 39.0 Å². The van der Waals surface area contributed by atoms with Crippen molar-refractivity contribution < 1.29 is 23.5 Å². The third kappa shape index (κ3) is 6.29. The van der Waals surface area contributed by atoms with E-state index >= 15 is 0 Å². The largest absolute Gasteiger partial charge is 0.483 e. The number of amides is 1. The second-order valence-electron chi connectivity index (χ2n) is 6.79. The lowest BCUT2D eigenvalue weighted by Gasteiger charge is -2.15. The van der Waals surface area contributed by atoms with Crippen molar-refractivity contribution in [2.24, 2.45) is 0 Å². The van der Waals surface area contributed by atoms with Gasteiger partial charge in [0.05, 0.1) is 18.1 Å². The quantitative estimate of drug-likeness (QED) is 0.330. The number of aromatic nitrogens is 4. The molecule has 0 aliphatic heterocycles. The van der Waals surface area contributed by atoms with Crippen molar-refractivity contribution in [3.05, 3.63) is 46.5 Å². The van der Waals surface area contributed by atoms with E-state index in [2.05, 4.69) is 20.5 Å². The van der Waals surface area contributed by atoms with Gasteiger partial charge < -0.3 is 19.4 Å². The number of ether oxygens (including phenoxy) is 2. The third-order valence-electron chi connectivity index (χ3n) is 4.39. The summed E-state index contributed by atoms with van der Waals surface area (Å²) in [6, 6.07) is 5.75. The van der Waals surface area contributed by atoms with E-state index in [1.54, 1.807) is 26.0 Å². The summed E-state index contributed by atoms with van der Waals surface area (Å²) >= 11 is 2.30. The van der Waals surface area contributed by atoms with Crippen LogP contribution >= 0.6 is 23.1 Å². The van der Waals surface area contributed by atoms with Gasteiger partial charge in [-0.05, 0) is 52.0 Å². The lowest BCUT2D eigenvalue weighted by molar-refractivity contribution is -0.113. The molecule has 176 valence electrons. The zero-order chi connectivity index (χ0) is 24.0. The molecule has 0 spiro atoms. The number of esters is 1. The molecule has 0 aliphatic rings. The zero-order valence-corrected chi connectivity index (χ0v) is 20.3. The van der Waals surface area contributed by atoms with Crippen LogP contribution in [0.2, 0.25) is 0 Å². The SMILES string of the molecule is CCOC(=O)c1sc(NC(=O)CSc2nnc(C(C)Oc3ccc(F)cc3)n2CC)nc1C. The average Bonchev–Trinajstić information content (AvgIpc) is 3.36. The van der Waals surface area contributed by atoms with Crippen molar-refractivity contribution in [1.82, 2.24) is 19.7 Å². The number of nitrogens with one attached hydrogen (secondary N) is 1. The van der Waals surface area contributed by atoms with Crippen LogP contribution < -0.4 is 10.1 Å². The van der Waals surface area contributed by atoms with Crippen LogP contribution in [0, 0.1) is 12.7 Å². The van der Waals surface area contributed by atoms with E-state index < -0.39 is 12.1 Å². The number of rotatable bonds is 10. The van der Waals surface area contributed by atoms with Crippen LogP contribution in [0.1, 0.15) is 48.1 Å². The van der Waals surface area contributed by atoms with Crippen LogP contribution in [0.4, 0.5) is 9.52 Å². The van der Waals surface area contributed by atoms with Gasteiger partial charge in [0.2, 0.25) is 5.91 Å². The predicted octanol–water partition coefficient (Wildman–Crippen LogP) is 4.25. The first-order valence-corrected chi connectivity index (χ1v) is 12.0. The first-order chi connectivity index (χ1) is 15.8. The molecule has 3 aromatic rings. The number of hydrogen-bond donors (Lipinski definition) is 1. The molecule has 0 bridgehead atoms. The highest BCUT2D eigenvalue weighted by atomic mass is 32.2. The number of aryl methyl sites for hydroxylation is 1. The Morgan fingerprint density at radius 2 is 1.97 bits per heavy atom. The fourth-order valence-corrected chi connectivity index (χ4v) is 4.58. The average molecular weight is 494 g/mol. The number of carbonyl (C=O) groups excluding carboxylic acids is 2. The van der Waals surface area contributed by atoms with Crippen LogP contribution in [-0.2, 0) is 16.1 Å². The van der Waals surface area contributed by atoms with Gasteiger partial charge in [0, 0.05) is 6.54 Å². The first kappa shape index (κ1) is 24.6. The second-order valence-corrected chi connectivity index (χ2v) is 8.73. The molecule has 0 fully saturated rings. The van der Waals surface area contributed by atoms with Crippen LogP contribution in [0.5, 0.6) is 5.75 Å². The fourth-order valence-electron chi connectivity index (χ4n) is 2.90. The zero-order valence-electron chi connectivity index (χ0n) is 18.6. The van der Waals surface area contributed by atoms with Gasteiger partial charge in [0.25, 0.3) is 0 Å². The summed E-state index contributed by atoms with van der Waals surface area (Å²) in [5, 5.41) is 12.0. The number of thiazole rings is 1. The van der Waals surface area contributed by atoms with Gasteiger partial charge in [0.15, 0.2) is 22.2 Å². The monoisotopic (exact) mass is 493 g/mol. The van der Waals surface area contributed by atoms with Crippen molar-refractivity contribution >= 4 is 40.1 Å². The van der Waals surface area contributed by atoms with Crippen LogP contribution in [0.3, 0.4) is 0 Å². The number of halogens is 1. The Morgan fingerprint density at radius 3 is 2.64 bits per heavy atom. The molecule has 0 saturated heterocycles. The minimum atomic E-state index is -0.456. The summed E-state index contributed by atoms with van der Waals surface area (Å²) < 4.78 is 25.8. The molecular formula is C21H24FN5O4S2. The molecule has 2 heterocycles. The van der Waals surface area contributed by atoms with Crippen LogP contribution in [-0.4, -0.2) is 44.0 Å². The summed E-state index contributed by atoms with van der Waals surface area (Å²) in [6.07, 6.45) is -0.425.